The van der Waals surface area contributed by atoms with Crippen LogP contribution in [0.3, 0.4) is 0 Å². The van der Waals surface area contributed by atoms with Gasteiger partial charge in [-0.2, -0.15) is 4.31 Å². The van der Waals surface area contributed by atoms with Gasteiger partial charge in [-0.3, -0.25) is 4.99 Å². The molecule has 0 aromatic heterocycles. The number of sulfonamides is 1. The van der Waals surface area contributed by atoms with Crippen molar-refractivity contribution >= 4 is 40.0 Å². The molecule has 0 amide bonds. The molecule has 0 spiro atoms. The number of benzene rings is 2. The Hall–Kier alpha value is -1.72. The Bertz CT molecular complexity index is 961. The van der Waals surface area contributed by atoms with Crippen molar-refractivity contribution in [3.63, 3.8) is 0 Å². The molecule has 1 aliphatic rings. The SMILES string of the molecule is CN=C(NCc1ccc(S(=O)(=O)N2CCCC2)cc1)N(C)Cc1cccc(F)c1.I. The van der Waals surface area contributed by atoms with Crippen molar-refractivity contribution < 1.29 is 12.8 Å². The predicted molar refractivity (Wildman–Crippen MR) is 128 cm³/mol. The minimum absolute atomic E-state index is 0. The molecule has 3 rings (SSSR count). The fourth-order valence-corrected chi connectivity index (χ4v) is 4.92. The summed E-state index contributed by atoms with van der Waals surface area (Å²) in [6.07, 6.45) is 1.84. The lowest BCUT2D eigenvalue weighted by molar-refractivity contribution is 0.474. The van der Waals surface area contributed by atoms with Crippen LogP contribution in [-0.4, -0.2) is 50.8 Å². The minimum atomic E-state index is -3.39. The van der Waals surface area contributed by atoms with Crippen molar-refractivity contribution in [2.75, 3.05) is 27.2 Å². The standard InChI is InChI=1S/C21H27FN4O2S.HI/c1-23-21(25(2)16-18-6-5-7-19(22)14-18)24-15-17-8-10-20(11-9-17)29(27,28)26-12-3-4-13-26;/h5-11,14H,3-4,12-13,15-16H2,1-2H3,(H,23,24);1H. The molecule has 1 saturated heterocycles. The van der Waals surface area contributed by atoms with E-state index in [9.17, 15) is 12.8 Å². The number of hydrogen-bond acceptors (Lipinski definition) is 3. The fraction of sp³-hybridized carbons (Fsp3) is 0.381. The molecule has 0 atom stereocenters. The molecule has 30 heavy (non-hydrogen) atoms. The van der Waals surface area contributed by atoms with Gasteiger partial charge in [0, 0.05) is 40.3 Å². The van der Waals surface area contributed by atoms with Crippen LogP contribution in [0.1, 0.15) is 24.0 Å². The van der Waals surface area contributed by atoms with Crippen LogP contribution in [0, 0.1) is 5.82 Å². The lowest BCUT2D eigenvalue weighted by atomic mass is 10.2. The van der Waals surface area contributed by atoms with Gasteiger partial charge in [0.2, 0.25) is 10.0 Å². The number of halogens is 2. The predicted octanol–water partition coefficient (Wildman–Crippen LogP) is 3.44. The molecule has 2 aromatic rings. The van der Waals surface area contributed by atoms with E-state index in [1.54, 1.807) is 29.6 Å². The van der Waals surface area contributed by atoms with E-state index >= 15 is 0 Å². The Morgan fingerprint density at radius 1 is 1.13 bits per heavy atom. The first-order valence-electron chi connectivity index (χ1n) is 9.65. The Morgan fingerprint density at radius 3 is 2.40 bits per heavy atom. The number of guanidine groups is 1. The molecule has 6 nitrogen and oxygen atoms in total. The van der Waals surface area contributed by atoms with Gasteiger partial charge in [-0.05, 0) is 48.2 Å². The van der Waals surface area contributed by atoms with Crippen molar-refractivity contribution in [1.82, 2.24) is 14.5 Å². The summed E-state index contributed by atoms with van der Waals surface area (Å²) < 4.78 is 40.1. The molecule has 0 bridgehead atoms. The zero-order valence-electron chi connectivity index (χ0n) is 17.2. The molecule has 1 N–H and O–H groups in total. The van der Waals surface area contributed by atoms with Gasteiger partial charge in [-0.1, -0.05) is 24.3 Å². The average Bonchev–Trinajstić information content (AvgIpc) is 3.24. The molecule has 9 heteroatoms. The highest BCUT2D eigenvalue weighted by Crippen LogP contribution is 2.21. The number of nitrogens with one attached hydrogen (secondary N) is 1. The topological polar surface area (TPSA) is 65.0 Å². The van der Waals surface area contributed by atoms with Crippen LogP contribution in [0.5, 0.6) is 0 Å². The van der Waals surface area contributed by atoms with E-state index in [-0.39, 0.29) is 29.8 Å². The van der Waals surface area contributed by atoms with E-state index in [1.165, 1.54) is 12.1 Å². The van der Waals surface area contributed by atoms with Crippen LogP contribution in [0.2, 0.25) is 0 Å². The lowest BCUT2D eigenvalue weighted by Crippen LogP contribution is -2.38. The van der Waals surface area contributed by atoms with Gasteiger partial charge < -0.3 is 10.2 Å². The number of nitrogens with zero attached hydrogens (tertiary/aromatic N) is 3. The molecule has 0 unspecified atom stereocenters. The normalized spacial score (nSPS) is 15.0. The van der Waals surface area contributed by atoms with Crippen LogP contribution in [-0.2, 0) is 23.1 Å². The fourth-order valence-electron chi connectivity index (χ4n) is 3.41. The first-order chi connectivity index (χ1) is 13.9. The summed E-state index contributed by atoms with van der Waals surface area (Å²) in [7, 11) is 0.179. The molecule has 164 valence electrons. The molecule has 0 saturated carbocycles. The highest BCUT2D eigenvalue weighted by atomic mass is 127. The highest BCUT2D eigenvalue weighted by molar-refractivity contribution is 14.0. The van der Waals surface area contributed by atoms with Crippen LogP contribution >= 0.6 is 24.0 Å². The second kappa shape index (κ2) is 11.1. The Balaban J connectivity index is 0.00000320. The van der Waals surface area contributed by atoms with Gasteiger partial charge >= 0.3 is 0 Å². The summed E-state index contributed by atoms with van der Waals surface area (Å²) in [6, 6.07) is 13.4. The van der Waals surface area contributed by atoms with E-state index in [4.69, 9.17) is 0 Å². The molecule has 2 aromatic carbocycles. The van der Waals surface area contributed by atoms with E-state index in [0.29, 0.717) is 37.0 Å². The van der Waals surface area contributed by atoms with Gasteiger partial charge in [0.25, 0.3) is 0 Å². The number of rotatable bonds is 6. The van der Waals surface area contributed by atoms with Crippen LogP contribution in [0.4, 0.5) is 4.39 Å². The lowest BCUT2D eigenvalue weighted by Gasteiger charge is -2.22. The zero-order valence-corrected chi connectivity index (χ0v) is 20.4. The number of hydrogen-bond donors (Lipinski definition) is 1. The molecule has 1 aliphatic heterocycles. The second-order valence-electron chi connectivity index (χ2n) is 7.14. The van der Waals surface area contributed by atoms with Crippen molar-refractivity contribution in [3.05, 3.63) is 65.5 Å². The summed E-state index contributed by atoms with van der Waals surface area (Å²) in [5.41, 5.74) is 1.80. The first-order valence-corrected chi connectivity index (χ1v) is 11.1. The van der Waals surface area contributed by atoms with E-state index < -0.39 is 10.0 Å². The second-order valence-corrected chi connectivity index (χ2v) is 9.08. The van der Waals surface area contributed by atoms with Crippen molar-refractivity contribution in [2.45, 2.75) is 30.8 Å². The first kappa shape index (κ1) is 24.5. The Labute approximate surface area is 195 Å². The van der Waals surface area contributed by atoms with Gasteiger partial charge in [0.05, 0.1) is 4.90 Å². The molecule has 1 heterocycles. The molecular weight excluding hydrogens is 518 g/mol. The van der Waals surface area contributed by atoms with Crippen molar-refractivity contribution in [1.29, 1.82) is 0 Å². The maximum Gasteiger partial charge on any atom is 0.243 e. The smallest absolute Gasteiger partial charge is 0.243 e. The molecule has 0 aliphatic carbocycles. The maximum atomic E-state index is 13.4. The summed E-state index contributed by atoms with van der Waals surface area (Å²) in [6.45, 7) is 2.22. The average molecular weight is 546 g/mol. The van der Waals surface area contributed by atoms with Crippen molar-refractivity contribution in [2.24, 2.45) is 4.99 Å². The van der Waals surface area contributed by atoms with E-state index in [0.717, 1.165) is 24.0 Å². The van der Waals surface area contributed by atoms with Crippen LogP contribution < -0.4 is 5.32 Å². The molecule has 1 fully saturated rings. The highest BCUT2D eigenvalue weighted by Gasteiger charge is 2.26. The monoisotopic (exact) mass is 546 g/mol. The summed E-state index contributed by atoms with van der Waals surface area (Å²) >= 11 is 0. The van der Waals surface area contributed by atoms with E-state index in [2.05, 4.69) is 10.3 Å². The van der Waals surface area contributed by atoms with Gasteiger partial charge in [0.15, 0.2) is 5.96 Å². The van der Waals surface area contributed by atoms with Gasteiger partial charge in [-0.25, -0.2) is 12.8 Å². The Kier molecular flexibility index (Phi) is 9.05. The largest absolute Gasteiger partial charge is 0.352 e. The zero-order chi connectivity index (χ0) is 20.9. The molecular formula is C21H28FIN4O2S. The Morgan fingerprint density at radius 2 is 1.80 bits per heavy atom. The number of aliphatic imine (C=N–C) groups is 1. The summed E-state index contributed by atoms with van der Waals surface area (Å²) in [5, 5.41) is 3.26. The van der Waals surface area contributed by atoms with Gasteiger partial charge in [0.1, 0.15) is 5.82 Å². The van der Waals surface area contributed by atoms with Crippen molar-refractivity contribution in [3.8, 4) is 0 Å². The summed E-state index contributed by atoms with van der Waals surface area (Å²) in [5.74, 6) is 0.408. The van der Waals surface area contributed by atoms with Crippen LogP contribution in [0.15, 0.2) is 58.4 Å². The summed E-state index contributed by atoms with van der Waals surface area (Å²) in [4.78, 5) is 6.50. The maximum absolute atomic E-state index is 13.4. The third kappa shape index (κ3) is 6.14. The minimum Gasteiger partial charge on any atom is -0.352 e. The third-order valence-corrected chi connectivity index (χ3v) is 6.87. The molecule has 0 radical (unpaired) electrons. The quantitative estimate of drug-likeness (QED) is 0.343. The van der Waals surface area contributed by atoms with Crippen LogP contribution in [0.25, 0.3) is 0 Å². The van der Waals surface area contributed by atoms with Gasteiger partial charge in [-0.15, -0.1) is 24.0 Å². The third-order valence-electron chi connectivity index (χ3n) is 4.96. The van der Waals surface area contributed by atoms with E-state index in [1.807, 2.05) is 30.1 Å².